The molecule has 1 aliphatic heterocycles. The molecule has 0 radical (unpaired) electrons. The van der Waals surface area contributed by atoms with Crippen LogP contribution < -0.4 is 20.4 Å². The van der Waals surface area contributed by atoms with Crippen molar-refractivity contribution in [3.05, 3.63) is 29.8 Å². The van der Waals surface area contributed by atoms with Crippen molar-refractivity contribution in [2.75, 3.05) is 44.6 Å². The third kappa shape index (κ3) is 6.63. The molecule has 1 aliphatic rings. The quantitative estimate of drug-likeness (QED) is 0.492. The van der Waals surface area contributed by atoms with E-state index in [1.165, 1.54) is 15.4 Å². The molecule has 4 N–H and O–H groups in total. The monoisotopic (exact) mass is 376 g/mol. The molecule has 6 heteroatoms. The number of carbonyl (C=O) groups excluding carboxylic acids is 2. The van der Waals surface area contributed by atoms with Crippen LogP contribution in [-0.4, -0.2) is 57.1 Å². The molecule has 1 atom stereocenters. The van der Waals surface area contributed by atoms with Gasteiger partial charge in [0.25, 0.3) is 11.8 Å². The van der Waals surface area contributed by atoms with Gasteiger partial charge in [0, 0.05) is 12.2 Å². The Morgan fingerprint density at radius 2 is 1.67 bits per heavy atom. The van der Waals surface area contributed by atoms with Crippen molar-refractivity contribution in [2.24, 2.45) is 0 Å². The second-order valence-corrected chi connectivity index (χ2v) is 7.92. The van der Waals surface area contributed by atoms with Crippen LogP contribution in [0.2, 0.25) is 0 Å². The highest BCUT2D eigenvalue weighted by Gasteiger charge is 2.31. The molecule has 0 aromatic heterocycles. The number of quaternary nitrogens is 2. The number of carbonyl (C=O) groups is 2. The van der Waals surface area contributed by atoms with E-state index in [0.29, 0.717) is 12.5 Å². The zero-order chi connectivity index (χ0) is 19.8. The van der Waals surface area contributed by atoms with Gasteiger partial charge in [0.05, 0.1) is 0 Å². The maximum atomic E-state index is 12.6. The van der Waals surface area contributed by atoms with E-state index in [1.54, 1.807) is 0 Å². The molecule has 0 aliphatic carbocycles. The first kappa shape index (κ1) is 21.4. The topological polar surface area (TPSA) is 67.1 Å². The summed E-state index contributed by atoms with van der Waals surface area (Å²) < 4.78 is 0. The second-order valence-electron chi connectivity index (χ2n) is 7.92. The largest absolute Gasteiger partial charge is 0.351 e. The van der Waals surface area contributed by atoms with Gasteiger partial charge < -0.3 is 20.4 Å². The lowest BCUT2D eigenvalue weighted by Crippen LogP contribution is -3.30. The summed E-state index contributed by atoms with van der Waals surface area (Å²) >= 11 is 0. The van der Waals surface area contributed by atoms with E-state index in [1.807, 2.05) is 19.1 Å². The van der Waals surface area contributed by atoms with Crippen molar-refractivity contribution in [3.63, 3.8) is 0 Å². The summed E-state index contributed by atoms with van der Waals surface area (Å²) in [7, 11) is 0. The summed E-state index contributed by atoms with van der Waals surface area (Å²) in [5.41, 5.74) is 2.13. The van der Waals surface area contributed by atoms with E-state index < -0.39 is 0 Å². The minimum Gasteiger partial charge on any atom is -0.351 e. The van der Waals surface area contributed by atoms with Gasteiger partial charge in [-0.05, 0) is 37.0 Å². The molecule has 27 heavy (non-hydrogen) atoms. The Hall–Kier alpha value is -1.92. The number of hydrogen-bond acceptors (Lipinski definition) is 2. The van der Waals surface area contributed by atoms with Crippen molar-refractivity contribution in [3.8, 4) is 0 Å². The SMILES string of the molecule is CCCNC(=O)C[NH+]1CC[NH+]([C@@H](C)C(=O)Nc2ccc(C(C)C)cc2)CC1. The van der Waals surface area contributed by atoms with Gasteiger partial charge in [0.2, 0.25) is 0 Å². The minimum absolute atomic E-state index is 0.0615. The normalized spacial score (nSPS) is 20.9. The highest BCUT2D eigenvalue weighted by molar-refractivity contribution is 5.93. The van der Waals surface area contributed by atoms with Gasteiger partial charge in [-0.15, -0.1) is 0 Å². The van der Waals surface area contributed by atoms with Crippen LogP contribution in [0.3, 0.4) is 0 Å². The van der Waals surface area contributed by atoms with Gasteiger partial charge >= 0.3 is 0 Å². The van der Waals surface area contributed by atoms with Gasteiger partial charge in [-0.1, -0.05) is 32.9 Å². The Morgan fingerprint density at radius 1 is 1.04 bits per heavy atom. The number of amides is 2. The molecule has 150 valence electrons. The maximum absolute atomic E-state index is 12.6. The van der Waals surface area contributed by atoms with Crippen molar-refractivity contribution in [1.29, 1.82) is 0 Å². The van der Waals surface area contributed by atoms with Crippen molar-refractivity contribution in [2.45, 2.75) is 46.1 Å². The molecule has 0 unspecified atom stereocenters. The first-order chi connectivity index (χ1) is 12.9. The van der Waals surface area contributed by atoms with E-state index in [4.69, 9.17) is 0 Å². The zero-order valence-corrected chi connectivity index (χ0v) is 17.2. The van der Waals surface area contributed by atoms with E-state index in [9.17, 15) is 9.59 Å². The summed E-state index contributed by atoms with van der Waals surface area (Å²) in [6, 6.07) is 8.01. The Kier molecular flexibility index (Phi) is 8.25. The summed E-state index contributed by atoms with van der Waals surface area (Å²) in [6.45, 7) is 13.3. The molecule has 1 saturated heterocycles. The smallest absolute Gasteiger partial charge is 0.282 e. The standard InChI is InChI=1S/C21H34N4O2/c1-5-10-22-20(26)15-24-11-13-25(14-12-24)17(4)21(27)23-19-8-6-18(7-9-19)16(2)3/h6-9,16-17H,5,10-15H2,1-4H3,(H,22,26)(H,23,27)/p+2/t17-/m0/s1. The third-order valence-corrected chi connectivity index (χ3v) is 5.43. The number of piperazine rings is 1. The third-order valence-electron chi connectivity index (χ3n) is 5.43. The minimum atomic E-state index is -0.0924. The van der Waals surface area contributed by atoms with Gasteiger partial charge in [-0.25, -0.2) is 0 Å². The number of anilines is 1. The molecular weight excluding hydrogens is 340 g/mol. The van der Waals surface area contributed by atoms with Gasteiger partial charge in [0.1, 0.15) is 26.2 Å². The Morgan fingerprint density at radius 3 is 2.22 bits per heavy atom. The number of benzene rings is 1. The van der Waals surface area contributed by atoms with Crippen molar-refractivity contribution >= 4 is 17.5 Å². The average Bonchev–Trinajstić information content (AvgIpc) is 2.66. The molecule has 0 spiro atoms. The highest BCUT2D eigenvalue weighted by Crippen LogP contribution is 2.17. The Balaban J connectivity index is 1.78. The van der Waals surface area contributed by atoms with E-state index in [2.05, 4.69) is 43.5 Å². The second kappa shape index (κ2) is 10.4. The summed E-state index contributed by atoms with van der Waals surface area (Å²) in [6.07, 6.45) is 0.964. The molecule has 1 fully saturated rings. The molecule has 1 heterocycles. The first-order valence-electron chi connectivity index (χ1n) is 10.3. The summed E-state index contributed by atoms with van der Waals surface area (Å²) in [5, 5.41) is 5.98. The fourth-order valence-corrected chi connectivity index (χ4v) is 3.48. The van der Waals surface area contributed by atoms with E-state index in [-0.39, 0.29) is 17.9 Å². The fourth-order valence-electron chi connectivity index (χ4n) is 3.48. The van der Waals surface area contributed by atoms with Crippen LogP contribution in [0, 0.1) is 0 Å². The van der Waals surface area contributed by atoms with Crippen LogP contribution in [0.5, 0.6) is 0 Å². The van der Waals surface area contributed by atoms with E-state index in [0.717, 1.165) is 44.8 Å². The van der Waals surface area contributed by atoms with Crippen molar-refractivity contribution in [1.82, 2.24) is 5.32 Å². The van der Waals surface area contributed by atoms with Gasteiger partial charge in [-0.2, -0.15) is 0 Å². The van der Waals surface area contributed by atoms with Crippen LogP contribution in [0.4, 0.5) is 5.69 Å². The molecular formula is C21H36N4O2+2. The summed E-state index contributed by atoms with van der Waals surface area (Å²) in [4.78, 5) is 27.1. The van der Waals surface area contributed by atoms with Crippen LogP contribution in [0.1, 0.15) is 45.6 Å². The van der Waals surface area contributed by atoms with Crippen molar-refractivity contribution < 1.29 is 19.4 Å². The number of hydrogen-bond donors (Lipinski definition) is 4. The molecule has 2 rings (SSSR count). The lowest BCUT2D eigenvalue weighted by molar-refractivity contribution is -1.01. The lowest BCUT2D eigenvalue weighted by atomic mass is 10.0. The molecule has 2 amide bonds. The molecule has 1 aromatic rings. The lowest BCUT2D eigenvalue weighted by Gasteiger charge is -2.32. The zero-order valence-electron chi connectivity index (χ0n) is 17.2. The van der Waals surface area contributed by atoms with Crippen LogP contribution in [0.25, 0.3) is 0 Å². The predicted molar refractivity (Wildman–Crippen MR) is 108 cm³/mol. The van der Waals surface area contributed by atoms with E-state index >= 15 is 0 Å². The maximum Gasteiger partial charge on any atom is 0.282 e. The Bertz CT molecular complexity index is 607. The molecule has 1 aromatic carbocycles. The number of rotatable bonds is 8. The highest BCUT2D eigenvalue weighted by atomic mass is 16.2. The fraction of sp³-hybridized carbons (Fsp3) is 0.619. The molecule has 0 bridgehead atoms. The predicted octanol–water partition coefficient (Wildman–Crippen LogP) is -0.553. The number of nitrogens with one attached hydrogen (secondary N) is 4. The van der Waals surface area contributed by atoms with Gasteiger partial charge in [-0.3, -0.25) is 9.59 Å². The van der Waals surface area contributed by atoms with Crippen LogP contribution in [0.15, 0.2) is 24.3 Å². The van der Waals surface area contributed by atoms with Crippen LogP contribution >= 0.6 is 0 Å². The average molecular weight is 377 g/mol. The molecule has 6 nitrogen and oxygen atoms in total. The molecule has 0 saturated carbocycles. The van der Waals surface area contributed by atoms with Crippen LogP contribution in [-0.2, 0) is 9.59 Å². The summed E-state index contributed by atoms with van der Waals surface area (Å²) in [5.74, 6) is 0.679. The van der Waals surface area contributed by atoms with Gasteiger partial charge in [0.15, 0.2) is 12.6 Å². The Labute approximate surface area is 163 Å². The first-order valence-corrected chi connectivity index (χ1v) is 10.3.